The quantitative estimate of drug-likeness (QED) is 0.744. The molecule has 0 amide bonds. The van der Waals surface area contributed by atoms with Gasteiger partial charge in [0.25, 0.3) is 0 Å². The summed E-state index contributed by atoms with van der Waals surface area (Å²) in [4.78, 5) is 3.98. The van der Waals surface area contributed by atoms with Crippen LogP contribution in [-0.2, 0) is 6.54 Å². The zero-order valence-corrected chi connectivity index (χ0v) is 9.61. The molecule has 0 radical (unpaired) electrons. The average Bonchev–Trinajstić information content (AvgIpc) is 2.18. The summed E-state index contributed by atoms with van der Waals surface area (Å²) in [6.45, 7) is 6.14. The first kappa shape index (κ1) is 12.1. The molecule has 3 heteroatoms. The third-order valence-electron chi connectivity index (χ3n) is 2.26. The maximum absolute atomic E-state index is 5.96. The number of hydrogen-bond donors (Lipinski definition) is 2. The van der Waals surface area contributed by atoms with E-state index in [4.69, 9.17) is 5.73 Å². The minimum absolute atomic E-state index is 0.256. The summed E-state index contributed by atoms with van der Waals surface area (Å²) in [7, 11) is 0. The molecule has 1 aromatic rings. The predicted molar refractivity (Wildman–Crippen MR) is 63.4 cm³/mol. The molecule has 1 rings (SSSR count). The van der Waals surface area contributed by atoms with Crippen molar-refractivity contribution in [2.75, 3.05) is 6.54 Å². The van der Waals surface area contributed by atoms with Crippen LogP contribution in [0.2, 0.25) is 0 Å². The molecule has 3 nitrogen and oxygen atoms in total. The zero-order valence-electron chi connectivity index (χ0n) is 9.61. The summed E-state index contributed by atoms with van der Waals surface area (Å²) >= 11 is 0. The van der Waals surface area contributed by atoms with Crippen LogP contribution in [0.15, 0.2) is 24.5 Å². The molecule has 15 heavy (non-hydrogen) atoms. The van der Waals surface area contributed by atoms with Crippen molar-refractivity contribution in [1.82, 2.24) is 10.3 Å². The van der Waals surface area contributed by atoms with Crippen molar-refractivity contribution in [2.24, 2.45) is 11.7 Å². The number of aromatic nitrogens is 1. The number of rotatable bonds is 6. The molecule has 0 spiro atoms. The fourth-order valence-electron chi connectivity index (χ4n) is 1.59. The molecular formula is C12H21N3. The van der Waals surface area contributed by atoms with Gasteiger partial charge in [-0.3, -0.25) is 4.98 Å². The fraction of sp³-hybridized carbons (Fsp3) is 0.583. The van der Waals surface area contributed by atoms with Crippen LogP contribution < -0.4 is 11.1 Å². The molecule has 1 heterocycles. The van der Waals surface area contributed by atoms with Crippen molar-refractivity contribution >= 4 is 0 Å². The van der Waals surface area contributed by atoms with Gasteiger partial charge in [-0.15, -0.1) is 0 Å². The van der Waals surface area contributed by atoms with E-state index >= 15 is 0 Å². The zero-order chi connectivity index (χ0) is 11.1. The monoisotopic (exact) mass is 207 g/mol. The fourth-order valence-corrected chi connectivity index (χ4v) is 1.59. The third kappa shape index (κ3) is 5.50. The van der Waals surface area contributed by atoms with Gasteiger partial charge in [-0.25, -0.2) is 0 Å². The molecule has 0 saturated heterocycles. The molecule has 1 aromatic heterocycles. The Hall–Kier alpha value is -0.930. The minimum atomic E-state index is 0.256. The maximum Gasteiger partial charge on any atom is 0.0271 e. The van der Waals surface area contributed by atoms with E-state index in [-0.39, 0.29) is 6.04 Å². The Labute approximate surface area is 92.1 Å². The maximum atomic E-state index is 5.96. The van der Waals surface area contributed by atoms with Crippen molar-refractivity contribution in [3.8, 4) is 0 Å². The van der Waals surface area contributed by atoms with Crippen LogP contribution >= 0.6 is 0 Å². The Kier molecular flexibility index (Phi) is 5.29. The van der Waals surface area contributed by atoms with Crippen molar-refractivity contribution in [2.45, 2.75) is 32.9 Å². The Morgan fingerprint density at radius 3 is 2.60 bits per heavy atom. The van der Waals surface area contributed by atoms with E-state index in [0.29, 0.717) is 5.92 Å². The Morgan fingerprint density at radius 1 is 1.33 bits per heavy atom. The van der Waals surface area contributed by atoms with Crippen LogP contribution in [-0.4, -0.2) is 17.6 Å². The molecule has 0 saturated carbocycles. The lowest BCUT2D eigenvalue weighted by Gasteiger charge is -2.14. The van der Waals surface area contributed by atoms with Gasteiger partial charge in [0, 0.05) is 31.5 Å². The molecule has 0 bridgehead atoms. The number of hydrogen-bond acceptors (Lipinski definition) is 3. The molecule has 3 N–H and O–H groups in total. The Bertz CT molecular complexity index is 259. The van der Waals surface area contributed by atoms with Crippen molar-refractivity contribution in [3.05, 3.63) is 30.1 Å². The summed E-state index contributed by atoms with van der Waals surface area (Å²) in [5.41, 5.74) is 7.22. The highest BCUT2D eigenvalue weighted by molar-refractivity contribution is 5.08. The molecule has 0 aliphatic heterocycles. The average molecular weight is 207 g/mol. The van der Waals surface area contributed by atoms with E-state index in [0.717, 1.165) is 19.5 Å². The lowest BCUT2D eigenvalue weighted by molar-refractivity contribution is 0.467. The topological polar surface area (TPSA) is 50.9 Å². The van der Waals surface area contributed by atoms with E-state index in [1.165, 1.54) is 5.56 Å². The van der Waals surface area contributed by atoms with Gasteiger partial charge >= 0.3 is 0 Å². The number of pyridine rings is 1. The standard InChI is InChI=1S/C12H21N3/c1-10(2)7-12(13)9-15-8-11-3-5-14-6-4-11/h3-6,10,12,15H,7-9,13H2,1-2H3. The number of nitrogens with zero attached hydrogens (tertiary/aromatic N) is 1. The summed E-state index contributed by atoms with van der Waals surface area (Å²) < 4.78 is 0. The summed E-state index contributed by atoms with van der Waals surface area (Å²) in [5, 5.41) is 3.35. The largest absolute Gasteiger partial charge is 0.327 e. The van der Waals surface area contributed by atoms with E-state index in [1.54, 1.807) is 0 Å². The van der Waals surface area contributed by atoms with E-state index in [2.05, 4.69) is 24.1 Å². The Balaban J connectivity index is 2.16. The van der Waals surface area contributed by atoms with Crippen molar-refractivity contribution in [1.29, 1.82) is 0 Å². The molecule has 84 valence electrons. The molecule has 0 aromatic carbocycles. The van der Waals surface area contributed by atoms with Crippen LogP contribution in [0.5, 0.6) is 0 Å². The van der Waals surface area contributed by atoms with Gasteiger partial charge in [0.2, 0.25) is 0 Å². The normalized spacial score (nSPS) is 13.1. The van der Waals surface area contributed by atoms with Crippen LogP contribution in [0, 0.1) is 5.92 Å². The van der Waals surface area contributed by atoms with Crippen LogP contribution in [0.25, 0.3) is 0 Å². The van der Waals surface area contributed by atoms with E-state index in [1.807, 2.05) is 24.5 Å². The van der Waals surface area contributed by atoms with Crippen LogP contribution in [0.3, 0.4) is 0 Å². The first-order valence-corrected chi connectivity index (χ1v) is 5.53. The van der Waals surface area contributed by atoms with Gasteiger partial charge in [0.15, 0.2) is 0 Å². The van der Waals surface area contributed by atoms with Gasteiger partial charge in [-0.05, 0) is 30.0 Å². The van der Waals surface area contributed by atoms with Gasteiger partial charge in [-0.1, -0.05) is 13.8 Å². The predicted octanol–water partition coefficient (Wildman–Crippen LogP) is 1.54. The SMILES string of the molecule is CC(C)CC(N)CNCc1ccncc1. The smallest absolute Gasteiger partial charge is 0.0271 e. The van der Waals surface area contributed by atoms with Crippen LogP contribution in [0.4, 0.5) is 0 Å². The number of nitrogens with one attached hydrogen (secondary N) is 1. The van der Waals surface area contributed by atoms with Crippen LogP contribution in [0.1, 0.15) is 25.8 Å². The second-order valence-corrected chi connectivity index (χ2v) is 4.38. The van der Waals surface area contributed by atoms with E-state index in [9.17, 15) is 0 Å². The number of nitrogens with two attached hydrogens (primary N) is 1. The third-order valence-corrected chi connectivity index (χ3v) is 2.26. The molecular weight excluding hydrogens is 186 g/mol. The van der Waals surface area contributed by atoms with Gasteiger partial charge < -0.3 is 11.1 Å². The molecule has 0 aliphatic rings. The molecule has 0 aliphatic carbocycles. The highest BCUT2D eigenvalue weighted by Crippen LogP contribution is 2.02. The van der Waals surface area contributed by atoms with Gasteiger partial charge in [-0.2, -0.15) is 0 Å². The first-order valence-electron chi connectivity index (χ1n) is 5.53. The van der Waals surface area contributed by atoms with Crippen molar-refractivity contribution in [3.63, 3.8) is 0 Å². The molecule has 0 fully saturated rings. The second-order valence-electron chi connectivity index (χ2n) is 4.38. The first-order chi connectivity index (χ1) is 7.18. The second kappa shape index (κ2) is 6.53. The van der Waals surface area contributed by atoms with Crippen molar-refractivity contribution < 1.29 is 0 Å². The summed E-state index contributed by atoms with van der Waals surface area (Å²) in [6, 6.07) is 4.29. The lowest BCUT2D eigenvalue weighted by atomic mass is 10.0. The molecule has 1 unspecified atom stereocenters. The van der Waals surface area contributed by atoms with Gasteiger partial charge in [0.05, 0.1) is 0 Å². The van der Waals surface area contributed by atoms with Gasteiger partial charge in [0.1, 0.15) is 0 Å². The highest BCUT2D eigenvalue weighted by atomic mass is 14.9. The lowest BCUT2D eigenvalue weighted by Crippen LogP contribution is -2.34. The Morgan fingerprint density at radius 2 is 2.00 bits per heavy atom. The molecule has 1 atom stereocenters. The summed E-state index contributed by atoms with van der Waals surface area (Å²) in [5.74, 6) is 0.669. The highest BCUT2D eigenvalue weighted by Gasteiger charge is 2.04. The van der Waals surface area contributed by atoms with E-state index < -0.39 is 0 Å². The minimum Gasteiger partial charge on any atom is -0.327 e. The summed E-state index contributed by atoms with van der Waals surface area (Å²) in [6.07, 6.45) is 4.69.